The average Bonchev–Trinajstić information content (AvgIpc) is 3.33. The van der Waals surface area contributed by atoms with Crippen molar-refractivity contribution in [1.29, 1.82) is 0 Å². The molecule has 5 aromatic rings. The lowest BCUT2D eigenvalue weighted by molar-refractivity contribution is 0.626. The highest BCUT2D eigenvalue weighted by atomic mass is 19.1. The topological polar surface area (TPSA) is 57.8 Å². The number of fused-ring (bicyclic) bond motifs is 4. The number of aliphatic imine (C=N–C) groups is 2. The van der Waals surface area contributed by atoms with Gasteiger partial charge in [0, 0.05) is 11.3 Å². The number of hydrogen-bond donors (Lipinski definition) is 1. The number of anilines is 2. The Balaban J connectivity index is 1.47. The van der Waals surface area contributed by atoms with Crippen LogP contribution in [0, 0.1) is 12.7 Å². The van der Waals surface area contributed by atoms with Crippen molar-refractivity contribution >= 4 is 34.6 Å². The van der Waals surface area contributed by atoms with Crippen LogP contribution in [0.2, 0.25) is 0 Å². The van der Waals surface area contributed by atoms with Crippen molar-refractivity contribution in [3.8, 4) is 5.69 Å². The number of rotatable bonds is 4. The highest BCUT2D eigenvalue weighted by Gasteiger charge is 2.41. The monoisotopic (exact) mass is 526 g/mol. The average molecular weight is 527 g/mol. The van der Waals surface area contributed by atoms with Gasteiger partial charge in [0.25, 0.3) is 0 Å². The summed E-state index contributed by atoms with van der Waals surface area (Å²) in [5.41, 5.74) is 7.65. The van der Waals surface area contributed by atoms with Crippen molar-refractivity contribution in [3.63, 3.8) is 0 Å². The second kappa shape index (κ2) is 9.61. The predicted molar refractivity (Wildman–Crippen MR) is 159 cm³/mol. The molecule has 4 aromatic carbocycles. The van der Waals surface area contributed by atoms with Crippen LogP contribution in [0.3, 0.4) is 0 Å². The minimum Gasteiger partial charge on any atom is -0.337 e. The second-order valence-electron chi connectivity index (χ2n) is 9.95. The summed E-state index contributed by atoms with van der Waals surface area (Å²) in [4.78, 5) is 12.5. The van der Waals surface area contributed by atoms with Crippen molar-refractivity contribution in [2.75, 3.05) is 10.2 Å². The standard InChI is InChI=1S/C33H27FN6/c1-3-22-13-19-25(20-14-22)35-31-33-37-32-29(21(2)38-40(32)26-9-5-4-6-10-26)30(23-15-17-24(34)18-16-23)39(33)28-12-8-7-11-27(28)36-31/h4-20,30H,3H2,1-2H3,(H,35,36). The minimum atomic E-state index is -0.295. The minimum absolute atomic E-state index is 0.274. The third-order valence-corrected chi connectivity index (χ3v) is 7.45. The first-order valence-corrected chi connectivity index (χ1v) is 13.4. The molecule has 0 saturated heterocycles. The number of nitrogens with zero attached hydrogens (tertiary/aromatic N) is 5. The molecule has 196 valence electrons. The van der Waals surface area contributed by atoms with Gasteiger partial charge in [-0.1, -0.05) is 61.5 Å². The van der Waals surface area contributed by atoms with Crippen LogP contribution in [0.5, 0.6) is 0 Å². The van der Waals surface area contributed by atoms with Crippen molar-refractivity contribution < 1.29 is 4.39 Å². The van der Waals surface area contributed by atoms with Gasteiger partial charge in [0.05, 0.1) is 28.8 Å². The summed E-state index contributed by atoms with van der Waals surface area (Å²) in [7, 11) is 0. The second-order valence-corrected chi connectivity index (χ2v) is 9.95. The molecular weight excluding hydrogens is 499 g/mol. The summed E-state index contributed by atoms with van der Waals surface area (Å²) in [5, 5.41) is 8.48. The molecule has 3 heterocycles. The predicted octanol–water partition coefficient (Wildman–Crippen LogP) is 7.68. The van der Waals surface area contributed by atoms with Gasteiger partial charge in [0.2, 0.25) is 0 Å². The highest BCUT2D eigenvalue weighted by Crippen LogP contribution is 2.48. The van der Waals surface area contributed by atoms with Crippen LogP contribution in [0.15, 0.2) is 113 Å². The number of aryl methyl sites for hydroxylation is 2. The van der Waals surface area contributed by atoms with Crippen LogP contribution in [0.25, 0.3) is 5.69 Å². The maximum atomic E-state index is 14.1. The van der Waals surface area contributed by atoms with Crippen molar-refractivity contribution in [3.05, 3.63) is 131 Å². The van der Waals surface area contributed by atoms with E-state index < -0.39 is 0 Å². The van der Waals surface area contributed by atoms with Crippen molar-refractivity contribution in [2.45, 2.75) is 26.3 Å². The SMILES string of the molecule is CCc1ccc(NC2=Nc3ccccc3N3C2=Nc2c(c(C)nn2-c2ccccc2)C3c2ccc(F)cc2)cc1. The number of nitrogens with one attached hydrogen (secondary N) is 1. The molecule has 40 heavy (non-hydrogen) atoms. The zero-order valence-corrected chi connectivity index (χ0v) is 22.2. The molecule has 0 bridgehead atoms. The molecule has 2 aliphatic rings. The Hall–Kier alpha value is -5.04. The van der Waals surface area contributed by atoms with Crippen LogP contribution in [0.1, 0.15) is 35.3 Å². The first kappa shape index (κ1) is 24.0. The van der Waals surface area contributed by atoms with Gasteiger partial charge in [-0.15, -0.1) is 0 Å². The molecule has 0 spiro atoms. The molecule has 1 N–H and O–H groups in total. The van der Waals surface area contributed by atoms with Gasteiger partial charge in [0.15, 0.2) is 17.5 Å². The van der Waals surface area contributed by atoms with Crippen LogP contribution < -0.4 is 10.2 Å². The molecule has 1 unspecified atom stereocenters. The summed E-state index contributed by atoms with van der Waals surface area (Å²) in [6.07, 6.45) is 0.972. The van der Waals surface area contributed by atoms with Crippen molar-refractivity contribution in [2.24, 2.45) is 9.98 Å². The van der Waals surface area contributed by atoms with Gasteiger partial charge in [-0.2, -0.15) is 5.10 Å². The summed E-state index contributed by atoms with van der Waals surface area (Å²) in [6.45, 7) is 4.15. The molecule has 6 nitrogen and oxygen atoms in total. The molecule has 0 fully saturated rings. The Morgan fingerprint density at radius 1 is 0.825 bits per heavy atom. The largest absolute Gasteiger partial charge is 0.337 e. The Morgan fingerprint density at radius 2 is 1.55 bits per heavy atom. The summed E-state index contributed by atoms with van der Waals surface area (Å²) in [6, 6.07) is 32.8. The molecule has 0 radical (unpaired) electrons. The number of amidine groups is 2. The van der Waals surface area contributed by atoms with E-state index in [1.54, 1.807) is 0 Å². The number of hydrogen-bond acceptors (Lipinski definition) is 5. The fraction of sp³-hybridized carbons (Fsp3) is 0.121. The number of halogens is 1. The van der Waals surface area contributed by atoms with E-state index in [0.717, 1.165) is 51.8 Å². The maximum Gasteiger partial charge on any atom is 0.179 e. The van der Waals surface area contributed by atoms with E-state index in [4.69, 9.17) is 15.1 Å². The first-order chi connectivity index (χ1) is 19.6. The summed E-state index contributed by atoms with van der Waals surface area (Å²) < 4.78 is 16.0. The number of aromatic nitrogens is 2. The van der Waals surface area contributed by atoms with Gasteiger partial charge in [-0.3, -0.25) is 0 Å². The first-order valence-electron chi connectivity index (χ1n) is 13.4. The van der Waals surface area contributed by atoms with Crippen LogP contribution in [0.4, 0.5) is 27.3 Å². The molecule has 7 rings (SSSR count). The maximum absolute atomic E-state index is 14.1. The fourth-order valence-electron chi connectivity index (χ4n) is 5.47. The third kappa shape index (κ3) is 3.98. The van der Waals surface area contributed by atoms with E-state index in [-0.39, 0.29) is 11.9 Å². The molecule has 2 aliphatic heterocycles. The highest BCUT2D eigenvalue weighted by molar-refractivity contribution is 6.51. The van der Waals surface area contributed by atoms with E-state index in [1.807, 2.05) is 72.3 Å². The van der Waals surface area contributed by atoms with Gasteiger partial charge < -0.3 is 10.2 Å². The fourth-order valence-corrected chi connectivity index (χ4v) is 5.47. The number of benzene rings is 4. The van der Waals surface area contributed by atoms with Crippen LogP contribution in [-0.4, -0.2) is 21.5 Å². The normalized spacial score (nSPS) is 15.5. The zero-order chi connectivity index (χ0) is 27.2. The Labute approximate surface area is 232 Å². The summed E-state index contributed by atoms with van der Waals surface area (Å²) >= 11 is 0. The lowest BCUT2D eigenvalue weighted by Gasteiger charge is -2.40. The van der Waals surface area contributed by atoms with E-state index in [0.29, 0.717) is 11.7 Å². The van der Waals surface area contributed by atoms with E-state index in [9.17, 15) is 4.39 Å². The smallest absolute Gasteiger partial charge is 0.179 e. The lowest BCUT2D eigenvalue weighted by atomic mass is 9.93. The summed E-state index contributed by atoms with van der Waals surface area (Å²) in [5.74, 6) is 1.78. The zero-order valence-electron chi connectivity index (χ0n) is 22.2. The molecule has 1 aromatic heterocycles. The van der Waals surface area contributed by atoms with Gasteiger partial charge in [0.1, 0.15) is 5.82 Å². The third-order valence-electron chi connectivity index (χ3n) is 7.45. The van der Waals surface area contributed by atoms with Crippen molar-refractivity contribution in [1.82, 2.24) is 9.78 Å². The van der Waals surface area contributed by atoms with Gasteiger partial charge in [-0.25, -0.2) is 19.1 Å². The Morgan fingerprint density at radius 3 is 2.30 bits per heavy atom. The van der Waals surface area contributed by atoms with Gasteiger partial charge in [-0.05, 0) is 73.0 Å². The Bertz CT molecular complexity index is 1770. The van der Waals surface area contributed by atoms with E-state index in [1.165, 1.54) is 17.7 Å². The molecular formula is C33H27FN6. The molecule has 0 amide bonds. The number of para-hydroxylation sites is 3. The lowest BCUT2D eigenvalue weighted by Crippen LogP contribution is -2.46. The van der Waals surface area contributed by atoms with Crippen LogP contribution in [-0.2, 0) is 6.42 Å². The van der Waals surface area contributed by atoms with Gasteiger partial charge >= 0.3 is 0 Å². The Kier molecular flexibility index (Phi) is 5.77. The molecule has 0 aliphatic carbocycles. The van der Waals surface area contributed by atoms with E-state index >= 15 is 0 Å². The molecule has 7 heteroatoms. The van der Waals surface area contributed by atoms with Crippen LogP contribution >= 0.6 is 0 Å². The molecule has 0 saturated carbocycles. The molecule has 1 atom stereocenters. The quantitative estimate of drug-likeness (QED) is 0.261. The van der Waals surface area contributed by atoms with E-state index in [2.05, 4.69) is 47.5 Å².